The van der Waals surface area contributed by atoms with Crippen molar-refractivity contribution in [2.75, 3.05) is 11.5 Å². The van der Waals surface area contributed by atoms with Crippen molar-refractivity contribution in [2.24, 2.45) is 0 Å². The molecule has 2 aromatic carbocycles. The molecule has 12 heteroatoms. The van der Waals surface area contributed by atoms with Gasteiger partial charge >= 0.3 is 37.7 Å². The fraction of sp³-hybridized carbons (Fsp3) is 0. The molecule has 0 atom stereocenters. The van der Waals surface area contributed by atoms with E-state index in [4.69, 9.17) is 11.5 Å². The molecule has 0 heterocycles. The molecular formula is C14H12Li2N2O6S2. The first kappa shape index (κ1) is 24.8. The van der Waals surface area contributed by atoms with Gasteiger partial charge in [-0.1, -0.05) is 24.3 Å². The van der Waals surface area contributed by atoms with E-state index in [0.717, 1.165) is 12.1 Å². The van der Waals surface area contributed by atoms with E-state index in [1.165, 1.54) is 36.4 Å². The van der Waals surface area contributed by atoms with Gasteiger partial charge in [0.15, 0.2) is 0 Å². The van der Waals surface area contributed by atoms with Crippen molar-refractivity contribution < 1.29 is 63.7 Å². The van der Waals surface area contributed by atoms with Crippen LogP contribution < -0.4 is 49.2 Å². The molecule has 0 aliphatic heterocycles. The van der Waals surface area contributed by atoms with E-state index in [1.54, 1.807) is 0 Å². The third-order valence-corrected chi connectivity index (χ3v) is 4.84. The third kappa shape index (κ3) is 6.20. The van der Waals surface area contributed by atoms with Crippen molar-refractivity contribution in [3.8, 4) is 0 Å². The van der Waals surface area contributed by atoms with Crippen LogP contribution in [0, 0.1) is 0 Å². The minimum absolute atomic E-state index is 0. The fourth-order valence-electron chi connectivity index (χ4n) is 1.99. The molecular weight excluding hydrogens is 370 g/mol. The van der Waals surface area contributed by atoms with Gasteiger partial charge in [0.2, 0.25) is 0 Å². The Labute approximate surface area is 175 Å². The standard InChI is InChI=1S/C14H14N2O6S2.2Li/c15-11-5-3-9(13(7-11)23(17,18)19)1-2-10-4-6-12(16)8-14(10)24(20,21)22;;/h1-8H,15-16H2,(H,17,18,19)(H,20,21,22);;/q;2*+1/p-2. The van der Waals surface area contributed by atoms with Crippen molar-refractivity contribution in [1.82, 2.24) is 0 Å². The fourth-order valence-corrected chi connectivity index (χ4v) is 3.40. The minimum Gasteiger partial charge on any atom is -0.744 e. The molecule has 0 aromatic heterocycles. The van der Waals surface area contributed by atoms with Crippen LogP contribution in [-0.4, -0.2) is 25.9 Å². The zero-order chi connectivity index (χ0) is 18.1. The molecule has 2 rings (SSSR count). The monoisotopic (exact) mass is 382 g/mol. The Bertz CT molecular complexity index is 954. The molecule has 0 aliphatic carbocycles. The van der Waals surface area contributed by atoms with E-state index >= 15 is 0 Å². The van der Waals surface area contributed by atoms with E-state index < -0.39 is 30.0 Å². The molecule has 0 fully saturated rings. The third-order valence-electron chi connectivity index (χ3n) is 3.06. The molecule has 0 unspecified atom stereocenters. The number of nitrogen functional groups attached to an aromatic ring is 2. The molecule has 0 radical (unpaired) electrons. The zero-order valence-electron chi connectivity index (χ0n) is 14.0. The average Bonchev–Trinajstić information content (AvgIpc) is 2.45. The maximum Gasteiger partial charge on any atom is 1.00 e. The average molecular weight is 382 g/mol. The molecule has 4 N–H and O–H groups in total. The van der Waals surface area contributed by atoms with Crippen LogP contribution in [0.3, 0.4) is 0 Å². The van der Waals surface area contributed by atoms with E-state index in [9.17, 15) is 25.9 Å². The summed E-state index contributed by atoms with van der Waals surface area (Å²) in [6.07, 6.45) is 2.40. The Kier molecular flexibility index (Phi) is 8.71. The summed E-state index contributed by atoms with van der Waals surface area (Å²) in [5.41, 5.74) is 11.1. The predicted molar refractivity (Wildman–Crippen MR) is 86.6 cm³/mol. The molecule has 0 amide bonds. The van der Waals surface area contributed by atoms with Gasteiger partial charge < -0.3 is 20.6 Å². The first-order valence-corrected chi connectivity index (χ1v) is 9.19. The number of hydrogen-bond donors (Lipinski definition) is 2. The summed E-state index contributed by atoms with van der Waals surface area (Å²) in [7, 11) is -9.57. The Balaban J connectivity index is 0.00000312. The Hall–Kier alpha value is -1.21. The summed E-state index contributed by atoms with van der Waals surface area (Å²) < 4.78 is 67.7. The van der Waals surface area contributed by atoms with Crippen LogP contribution in [0.25, 0.3) is 12.2 Å². The Morgan fingerprint density at radius 1 is 0.692 bits per heavy atom. The normalized spacial score (nSPS) is 11.6. The van der Waals surface area contributed by atoms with Crippen LogP contribution in [0.15, 0.2) is 46.2 Å². The molecule has 8 nitrogen and oxygen atoms in total. The zero-order valence-corrected chi connectivity index (χ0v) is 15.7. The maximum atomic E-state index is 11.3. The van der Waals surface area contributed by atoms with E-state index in [1.807, 2.05) is 0 Å². The largest absolute Gasteiger partial charge is 1.00 e. The quantitative estimate of drug-likeness (QED) is 0.229. The van der Waals surface area contributed by atoms with Gasteiger partial charge in [-0.15, -0.1) is 0 Å². The molecule has 0 aliphatic rings. The number of benzene rings is 2. The predicted octanol–water partition coefficient (Wildman–Crippen LogP) is -5.16. The second kappa shape index (κ2) is 9.13. The van der Waals surface area contributed by atoms with Crippen LogP contribution in [0.1, 0.15) is 11.1 Å². The van der Waals surface area contributed by atoms with Crippen LogP contribution in [-0.2, 0) is 20.2 Å². The number of hydrogen-bond acceptors (Lipinski definition) is 8. The van der Waals surface area contributed by atoms with Gasteiger partial charge in [0.25, 0.3) is 0 Å². The SMILES string of the molecule is Nc1ccc(C=Cc2ccc(N)cc2S(=O)(=O)[O-])c(S(=O)(=O)[O-])c1.[Li+].[Li+]. The Morgan fingerprint density at radius 2 is 1.00 bits per heavy atom. The van der Waals surface area contributed by atoms with E-state index in [2.05, 4.69) is 0 Å². The van der Waals surface area contributed by atoms with Crippen LogP contribution in [0.4, 0.5) is 11.4 Å². The topological polar surface area (TPSA) is 166 Å². The first-order chi connectivity index (χ1) is 11.0. The van der Waals surface area contributed by atoms with Crippen molar-refractivity contribution in [2.45, 2.75) is 9.79 Å². The number of rotatable bonds is 4. The van der Waals surface area contributed by atoms with Gasteiger partial charge in [0.05, 0.1) is 9.79 Å². The summed E-state index contributed by atoms with van der Waals surface area (Å²) in [4.78, 5) is -1.11. The van der Waals surface area contributed by atoms with Gasteiger partial charge in [0.1, 0.15) is 20.2 Å². The summed E-state index contributed by atoms with van der Waals surface area (Å²) in [6.45, 7) is 0. The van der Waals surface area contributed by atoms with Gasteiger partial charge in [-0.3, -0.25) is 0 Å². The van der Waals surface area contributed by atoms with Gasteiger partial charge in [-0.25, -0.2) is 16.8 Å². The molecule has 26 heavy (non-hydrogen) atoms. The summed E-state index contributed by atoms with van der Waals surface area (Å²) in [6, 6.07) is 7.33. The van der Waals surface area contributed by atoms with Crippen LogP contribution in [0.2, 0.25) is 0 Å². The van der Waals surface area contributed by atoms with Gasteiger partial charge in [-0.05, 0) is 35.4 Å². The second-order valence-electron chi connectivity index (χ2n) is 4.84. The van der Waals surface area contributed by atoms with Crippen molar-refractivity contribution in [3.05, 3.63) is 47.5 Å². The molecule has 0 saturated heterocycles. The van der Waals surface area contributed by atoms with Crippen molar-refractivity contribution in [3.63, 3.8) is 0 Å². The van der Waals surface area contributed by atoms with E-state index in [0.29, 0.717) is 0 Å². The minimum atomic E-state index is -4.79. The van der Waals surface area contributed by atoms with Crippen LogP contribution in [0.5, 0.6) is 0 Å². The van der Waals surface area contributed by atoms with Gasteiger partial charge in [-0.2, -0.15) is 0 Å². The Morgan fingerprint density at radius 3 is 1.27 bits per heavy atom. The number of anilines is 2. The first-order valence-electron chi connectivity index (χ1n) is 6.37. The smallest absolute Gasteiger partial charge is 0.744 e. The molecule has 0 spiro atoms. The molecule has 0 saturated carbocycles. The molecule has 2 aromatic rings. The van der Waals surface area contributed by atoms with Crippen molar-refractivity contribution >= 4 is 43.8 Å². The molecule has 128 valence electrons. The van der Waals surface area contributed by atoms with E-state index in [-0.39, 0.29) is 60.2 Å². The van der Waals surface area contributed by atoms with Crippen LogP contribution >= 0.6 is 0 Å². The maximum absolute atomic E-state index is 11.3. The number of nitrogens with two attached hydrogens (primary N) is 2. The summed E-state index contributed by atoms with van der Waals surface area (Å²) >= 11 is 0. The van der Waals surface area contributed by atoms with Gasteiger partial charge in [0, 0.05) is 11.4 Å². The second-order valence-corrected chi connectivity index (χ2v) is 7.53. The summed E-state index contributed by atoms with van der Waals surface area (Å²) in [5.74, 6) is 0. The summed E-state index contributed by atoms with van der Waals surface area (Å²) in [5, 5.41) is 0. The molecule has 0 bridgehead atoms. The van der Waals surface area contributed by atoms with Crippen molar-refractivity contribution in [1.29, 1.82) is 0 Å².